The summed E-state index contributed by atoms with van der Waals surface area (Å²) in [6.45, 7) is 0.958. The van der Waals surface area contributed by atoms with Crippen molar-refractivity contribution in [1.82, 2.24) is 10.2 Å². The van der Waals surface area contributed by atoms with Crippen molar-refractivity contribution in [2.75, 3.05) is 18.0 Å². The lowest BCUT2D eigenvalue weighted by Gasteiger charge is -2.31. The first-order valence-electron chi connectivity index (χ1n) is 9.10. The molecule has 144 valence electrons. The molecule has 4 amide bonds. The van der Waals surface area contributed by atoms with Gasteiger partial charge in [0, 0.05) is 25.4 Å². The molecule has 2 fully saturated rings. The third-order valence-corrected chi connectivity index (χ3v) is 5.53. The van der Waals surface area contributed by atoms with E-state index in [1.54, 1.807) is 4.90 Å². The van der Waals surface area contributed by atoms with Crippen LogP contribution in [0, 0.1) is 23.1 Å². The zero-order valence-corrected chi connectivity index (χ0v) is 14.9. The van der Waals surface area contributed by atoms with E-state index < -0.39 is 35.5 Å². The van der Waals surface area contributed by atoms with Crippen molar-refractivity contribution in [3.05, 3.63) is 29.1 Å². The maximum Gasteiger partial charge on any atom is 0.262 e. The number of fused-ring (bicyclic) bond motifs is 1. The van der Waals surface area contributed by atoms with Gasteiger partial charge in [0.15, 0.2) is 0 Å². The van der Waals surface area contributed by atoms with Crippen molar-refractivity contribution in [2.45, 2.75) is 31.7 Å². The number of carbonyl (C=O) groups excluding carboxylic acids is 4. The first-order valence-corrected chi connectivity index (χ1v) is 9.10. The van der Waals surface area contributed by atoms with Crippen LogP contribution in [-0.4, -0.2) is 47.7 Å². The Kier molecular flexibility index (Phi) is 4.34. The highest BCUT2D eigenvalue weighted by atomic mass is 19.1. The molecule has 3 aliphatic rings. The highest BCUT2D eigenvalue weighted by Gasteiger charge is 2.45. The maximum atomic E-state index is 14.7. The summed E-state index contributed by atoms with van der Waals surface area (Å²) < 4.78 is 14.7. The zero-order chi connectivity index (χ0) is 20.0. The van der Waals surface area contributed by atoms with E-state index in [4.69, 9.17) is 5.26 Å². The average molecular weight is 384 g/mol. The predicted octanol–water partition coefficient (Wildman–Crippen LogP) is 0.967. The quantitative estimate of drug-likeness (QED) is 0.761. The molecular weight excluding hydrogens is 367 g/mol. The third kappa shape index (κ3) is 2.81. The van der Waals surface area contributed by atoms with E-state index >= 15 is 0 Å². The lowest BCUT2D eigenvalue weighted by atomic mass is 9.97. The molecule has 8 nitrogen and oxygen atoms in total. The molecule has 0 aliphatic carbocycles. The summed E-state index contributed by atoms with van der Waals surface area (Å²) in [7, 11) is 0. The molecule has 1 N–H and O–H groups in total. The number of nitrogens with one attached hydrogen (secondary N) is 1. The van der Waals surface area contributed by atoms with E-state index in [-0.39, 0.29) is 35.6 Å². The second kappa shape index (κ2) is 6.71. The summed E-state index contributed by atoms with van der Waals surface area (Å²) in [4.78, 5) is 51.5. The summed E-state index contributed by atoms with van der Waals surface area (Å²) >= 11 is 0. The maximum absolute atomic E-state index is 14.7. The lowest BCUT2D eigenvalue weighted by molar-refractivity contribution is -0.136. The molecule has 0 spiro atoms. The number of anilines is 1. The van der Waals surface area contributed by atoms with Crippen LogP contribution in [0.4, 0.5) is 10.1 Å². The molecule has 0 radical (unpaired) electrons. The van der Waals surface area contributed by atoms with Crippen LogP contribution in [0.2, 0.25) is 0 Å². The van der Waals surface area contributed by atoms with Gasteiger partial charge in [0.2, 0.25) is 11.8 Å². The first kappa shape index (κ1) is 18.1. The number of amides is 4. The van der Waals surface area contributed by atoms with Crippen LogP contribution < -0.4 is 10.2 Å². The van der Waals surface area contributed by atoms with Crippen molar-refractivity contribution in [1.29, 1.82) is 5.26 Å². The normalized spacial score (nSPS) is 22.9. The molecule has 2 saturated heterocycles. The Morgan fingerprint density at radius 2 is 1.68 bits per heavy atom. The van der Waals surface area contributed by atoms with Crippen LogP contribution >= 0.6 is 0 Å². The highest BCUT2D eigenvalue weighted by Crippen LogP contribution is 2.34. The number of imide groups is 2. The smallest absolute Gasteiger partial charge is 0.262 e. The van der Waals surface area contributed by atoms with E-state index in [0.29, 0.717) is 25.9 Å². The van der Waals surface area contributed by atoms with Gasteiger partial charge >= 0.3 is 0 Å². The number of hydrogen-bond acceptors (Lipinski definition) is 6. The van der Waals surface area contributed by atoms with E-state index in [9.17, 15) is 23.6 Å². The third-order valence-electron chi connectivity index (χ3n) is 5.53. The van der Waals surface area contributed by atoms with Gasteiger partial charge in [-0.3, -0.25) is 29.4 Å². The Labute approximate surface area is 159 Å². The van der Waals surface area contributed by atoms with Gasteiger partial charge in [-0.25, -0.2) is 4.39 Å². The van der Waals surface area contributed by atoms with Gasteiger partial charge in [-0.2, -0.15) is 5.26 Å². The number of rotatable bonds is 2. The van der Waals surface area contributed by atoms with Crippen molar-refractivity contribution in [2.24, 2.45) is 5.92 Å². The fraction of sp³-hybridized carbons (Fsp3) is 0.421. The number of nitrogens with zero attached hydrogens (tertiary/aromatic N) is 3. The van der Waals surface area contributed by atoms with Crippen LogP contribution in [0.1, 0.15) is 46.4 Å². The summed E-state index contributed by atoms with van der Waals surface area (Å²) in [5.74, 6) is -3.25. The van der Waals surface area contributed by atoms with Crippen LogP contribution in [0.5, 0.6) is 0 Å². The predicted molar refractivity (Wildman–Crippen MR) is 93.6 cm³/mol. The standard InChI is InChI=1S/C19H17FN4O4/c20-13-7-11-12(8-15(13)23-5-3-10(9-21)4-6-23)19(28)24(18(11)27)14-1-2-16(25)22-17(14)26/h7-8,10,14H,1-6H2,(H,22,25,26). The summed E-state index contributed by atoms with van der Waals surface area (Å²) in [6, 6.07) is 3.51. The minimum Gasteiger partial charge on any atom is -0.369 e. The van der Waals surface area contributed by atoms with Crippen molar-refractivity contribution in [3.8, 4) is 6.07 Å². The van der Waals surface area contributed by atoms with Gasteiger partial charge in [0.05, 0.1) is 22.9 Å². The monoisotopic (exact) mass is 384 g/mol. The van der Waals surface area contributed by atoms with E-state index in [2.05, 4.69) is 11.4 Å². The molecule has 3 heterocycles. The molecule has 0 aromatic heterocycles. The largest absolute Gasteiger partial charge is 0.369 e. The SMILES string of the molecule is N#CC1CCN(c2cc3c(cc2F)C(=O)N(C2CCC(=O)NC2=O)C3=O)CC1. The van der Waals surface area contributed by atoms with Gasteiger partial charge in [-0.05, 0) is 31.4 Å². The highest BCUT2D eigenvalue weighted by molar-refractivity contribution is 6.23. The van der Waals surface area contributed by atoms with Crippen LogP contribution in [0.15, 0.2) is 12.1 Å². The molecule has 3 aliphatic heterocycles. The summed E-state index contributed by atoms with van der Waals surface area (Å²) in [5, 5.41) is 11.1. The Hall–Kier alpha value is -3.28. The summed E-state index contributed by atoms with van der Waals surface area (Å²) in [6.07, 6.45) is 1.27. The number of nitriles is 1. The number of piperidine rings is 2. The van der Waals surface area contributed by atoms with Gasteiger partial charge in [0.1, 0.15) is 11.9 Å². The zero-order valence-electron chi connectivity index (χ0n) is 14.9. The van der Waals surface area contributed by atoms with Gasteiger partial charge in [-0.1, -0.05) is 0 Å². The topological polar surface area (TPSA) is 111 Å². The van der Waals surface area contributed by atoms with Crippen molar-refractivity contribution < 1.29 is 23.6 Å². The van der Waals surface area contributed by atoms with Crippen LogP contribution in [0.3, 0.4) is 0 Å². The van der Waals surface area contributed by atoms with E-state index in [1.807, 2.05) is 0 Å². The molecule has 1 aromatic carbocycles. The molecule has 9 heteroatoms. The van der Waals surface area contributed by atoms with Gasteiger partial charge in [-0.15, -0.1) is 0 Å². The average Bonchev–Trinajstić information content (AvgIpc) is 2.91. The fourth-order valence-corrected chi connectivity index (χ4v) is 3.97. The van der Waals surface area contributed by atoms with Crippen molar-refractivity contribution in [3.63, 3.8) is 0 Å². The van der Waals surface area contributed by atoms with Crippen LogP contribution in [-0.2, 0) is 9.59 Å². The number of halogens is 1. The molecule has 1 unspecified atom stereocenters. The first-order chi connectivity index (χ1) is 13.4. The molecule has 1 aromatic rings. The Morgan fingerprint density at radius 3 is 2.29 bits per heavy atom. The number of hydrogen-bond donors (Lipinski definition) is 1. The van der Waals surface area contributed by atoms with E-state index in [1.165, 1.54) is 6.07 Å². The number of benzene rings is 1. The molecular formula is C19H17FN4O4. The number of carbonyl (C=O) groups is 4. The minimum atomic E-state index is -1.08. The van der Waals surface area contributed by atoms with Crippen molar-refractivity contribution >= 4 is 29.3 Å². The minimum absolute atomic E-state index is 0.0251. The van der Waals surface area contributed by atoms with Gasteiger partial charge in [0.25, 0.3) is 11.8 Å². The second-order valence-corrected chi connectivity index (χ2v) is 7.19. The molecule has 1 atom stereocenters. The van der Waals surface area contributed by atoms with Gasteiger partial charge < -0.3 is 4.90 Å². The molecule has 4 rings (SSSR count). The second-order valence-electron chi connectivity index (χ2n) is 7.19. The molecule has 0 bridgehead atoms. The Balaban J connectivity index is 1.63. The molecule has 0 saturated carbocycles. The Bertz CT molecular complexity index is 946. The van der Waals surface area contributed by atoms with E-state index in [0.717, 1.165) is 11.0 Å². The van der Waals surface area contributed by atoms with Crippen LogP contribution in [0.25, 0.3) is 0 Å². The Morgan fingerprint density at radius 1 is 1.04 bits per heavy atom. The molecule has 28 heavy (non-hydrogen) atoms. The fourth-order valence-electron chi connectivity index (χ4n) is 3.97. The lowest BCUT2D eigenvalue weighted by Crippen LogP contribution is -2.54. The summed E-state index contributed by atoms with van der Waals surface area (Å²) in [5.41, 5.74) is 0.179.